The fraction of sp³-hybridized carbons (Fsp3) is 0.235. The van der Waals surface area contributed by atoms with Crippen LogP contribution < -0.4 is 4.90 Å². The highest BCUT2D eigenvalue weighted by atomic mass is 19.1. The fourth-order valence-corrected chi connectivity index (χ4v) is 2.18. The highest BCUT2D eigenvalue weighted by Crippen LogP contribution is 2.20. The summed E-state index contributed by atoms with van der Waals surface area (Å²) < 4.78 is 13.9. The molecule has 0 saturated heterocycles. The van der Waals surface area contributed by atoms with E-state index in [4.69, 9.17) is 5.11 Å². The smallest absolute Gasteiger partial charge is 0.335 e. The molecule has 3 nitrogen and oxygen atoms in total. The lowest BCUT2D eigenvalue weighted by atomic mass is 10.1. The lowest BCUT2D eigenvalue weighted by molar-refractivity contribution is 0.0696. The summed E-state index contributed by atoms with van der Waals surface area (Å²) in [5.74, 6) is -1.43. The SMILES string of the molecule is CCN(Cc1cc(C(=O)O)ccc1F)c1ccc(C)cc1. The van der Waals surface area contributed by atoms with E-state index in [-0.39, 0.29) is 11.4 Å². The van der Waals surface area contributed by atoms with E-state index in [1.54, 1.807) is 0 Å². The zero-order valence-corrected chi connectivity index (χ0v) is 12.1. The maximum atomic E-state index is 13.9. The number of carboxylic acids is 1. The number of carboxylic acid groups (broad SMARTS) is 1. The van der Waals surface area contributed by atoms with Gasteiger partial charge < -0.3 is 10.0 Å². The van der Waals surface area contributed by atoms with E-state index in [1.165, 1.54) is 18.2 Å². The molecule has 0 amide bonds. The van der Waals surface area contributed by atoms with E-state index < -0.39 is 5.97 Å². The molecule has 21 heavy (non-hydrogen) atoms. The Balaban J connectivity index is 2.28. The summed E-state index contributed by atoms with van der Waals surface area (Å²) in [4.78, 5) is 13.0. The van der Waals surface area contributed by atoms with Crippen molar-refractivity contribution in [3.63, 3.8) is 0 Å². The fourth-order valence-electron chi connectivity index (χ4n) is 2.18. The molecule has 0 bridgehead atoms. The summed E-state index contributed by atoms with van der Waals surface area (Å²) in [6, 6.07) is 11.9. The molecule has 1 N–H and O–H groups in total. The van der Waals surface area contributed by atoms with Crippen LogP contribution in [0.3, 0.4) is 0 Å². The van der Waals surface area contributed by atoms with Crippen molar-refractivity contribution >= 4 is 11.7 Å². The third-order valence-corrected chi connectivity index (χ3v) is 3.43. The molecule has 0 heterocycles. The second-order valence-corrected chi connectivity index (χ2v) is 4.96. The molecule has 0 saturated carbocycles. The van der Waals surface area contributed by atoms with Crippen LogP contribution in [0.2, 0.25) is 0 Å². The highest BCUT2D eigenvalue weighted by Gasteiger charge is 2.12. The molecule has 2 aromatic carbocycles. The van der Waals surface area contributed by atoms with Crippen LogP contribution in [0, 0.1) is 12.7 Å². The molecule has 0 aliphatic rings. The second kappa shape index (κ2) is 6.39. The average Bonchev–Trinajstić information content (AvgIpc) is 2.47. The molecule has 0 atom stereocenters. The van der Waals surface area contributed by atoms with Gasteiger partial charge in [-0.3, -0.25) is 0 Å². The zero-order chi connectivity index (χ0) is 15.4. The lowest BCUT2D eigenvalue weighted by Gasteiger charge is -2.23. The summed E-state index contributed by atoms with van der Waals surface area (Å²) in [6.45, 7) is 5.04. The quantitative estimate of drug-likeness (QED) is 0.907. The first kappa shape index (κ1) is 15.0. The van der Waals surface area contributed by atoms with E-state index in [9.17, 15) is 9.18 Å². The minimum Gasteiger partial charge on any atom is -0.478 e. The zero-order valence-electron chi connectivity index (χ0n) is 12.1. The summed E-state index contributed by atoms with van der Waals surface area (Å²) in [5, 5.41) is 9.00. The van der Waals surface area contributed by atoms with E-state index in [2.05, 4.69) is 0 Å². The van der Waals surface area contributed by atoms with Crippen molar-refractivity contribution in [1.29, 1.82) is 0 Å². The van der Waals surface area contributed by atoms with Gasteiger partial charge >= 0.3 is 5.97 Å². The number of halogens is 1. The van der Waals surface area contributed by atoms with Crippen LogP contribution in [0.4, 0.5) is 10.1 Å². The number of anilines is 1. The van der Waals surface area contributed by atoms with Crippen LogP contribution in [0.1, 0.15) is 28.4 Å². The monoisotopic (exact) mass is 287 g/mol. The van der Waals surface area contributed by atoms with Gasteiger partial charge in [0.2, 0.25) is 0 Å². The minimum atomic E-state index is -1.05. The van der Waals surface area contributed by atoms with Crippen molar-refractivity contribution in [3.05, 3.63) is 65.0 Å². The molecular formula is C17H18FNO2. The predicted octanol–water partition coefficient (Wildman–Crippen LogP) is 3.86. The van der Waals surface area contributed by atoms with Gasteiger partial charge in [0.05, 0.1) is 5.56 Å². The molecule has 0 aromatic heterocycles. The first-order valence-electron chi connectivity index (χ1n) is 6.84. The molecule has 4 heteroatoms. The van der Waals surface area contributed by atoms with Crippen molar-refractivity contribution in [2.45, 2.75) is 20.4 Å². The van der Waals surface area contributed by atoms with E-state index in [0.717, 1.165) is 11.3 Å². The van der Waals surface area contributed by atoms with Crippen LogP contribution in [-0.4, -0.2) is 17.6 Å². The summed E-state index contributed by atoms with van der Waals surface area (Å²) in [7, 11) is 0. The normalized spacial score (nSPS) is 10.4. The summed E-state index contributed by atoms with van der Waals surface area (Å²) >= 11 is 0. The van der Waals surface area contributed by atoms with Crippen LogP contribution in [-0.2, 0) is 6.54 Å². The van der Waals surface area contributed by atoms with Gasteiger partial charge in [-0.2, -0.15) is 0 Å². The van der Waals surface area contributed by atoms with E-state index >= 15 is 0 Å². The van der Waals surface area contributed by atoms with Crippen LogP contribution >= 0.6 is 0 Å². The van der Waals surface area contributed by atoms with Crippen LogP contribution in [0.25, 0.3) is 0 Å². The van der Waals surface area contributed by atoms with Crippen LogP contribution in [0.15, 0.2) is 42.5 Å². The first-order chi connectivity index (χ1) is 10.0. The van der Waals surface area contributed by atoms with Gasteiger partial charge in [-0.15, -0.1) is 0 Å². The number of aromatic carboxylic acids is 1. The van der Waals surface area contributed by atoms with Gasteiger partial charge in [0.15, 0.2) is 0 Å². The number of aryl methyl sites for hydroxylation is 1. The van der Waals surface area contributed by atoms with Gasteiger partial charge in [0.25, 0.3) is 0 Å². The molecule has 110 valence electrons. The molecule has 2 aromatic rings. The lowest BCUT2D eigenvalue weighted by Crippen LogP contribution is -2.22. The molecule has 0 fully saturated rings. The Kier molecular flexibility index (Phi) is 4.58. The van der Waals surface area contributed by atoms with Crippen LogP contribution in [0.5, 0.6) is 0 Å². The largest absolute Gasteiger partial charge is 0.478 e. The second-order valence-electron chi connectivity index (χ2n) is 4.96. The number of rotatable bonds is 5. The Bertz CT molecular complexity index is 638. The Morgan fingerprint density at radius 2 is 1.86 bits per heavy atom. The van der Waals surface area contributed by atoms with Crippen molar-refractivity contribution in [2.24, 2.45) is 0 Å². The Hall–Kier alpha value is -2.36. The molecule has 2 rings (SSSR count). The minimum absolute atomic E-state index is 0.103. The van der Waals surface area contributed by atoms with E-state index in [1.807, 2.05) is 43.0 Å². The third kappa shape index (κ3) is 3.60. The molecule has 0 unspecified atom stereocenters. The van der Waals surface area contributed by atoms with Crippen molar-refractivity contribution in [2.75, 3.05) is 11.4 Å². The topological polar surface area (TPSA) is 40.5 Å². The van der Waals surface area contributed by atoms with Crippen molar-refractivity contribution in [3.8, 4) is 0 Å². The number of benzene rings is 2. The Labute approximate surface area is 123 Å². The standard InChI is InChI=1S/C17H18FNO2/c1-3-19(15-7-4-12(2)5-8-15)11-14-10-13(17(20)21)6-9-16(14)18/h4-10H,3,11H2,1-2H3,(H,20,21). The summed E-state index contributed by atoms with van der Waals surface area (Å²) in [6.07, 6.45) is 0. The molecule has 0 radical (unpaired) electrons. The predicted molar refractivity (Wildman–Crippen MR) is 81.3 cm³/mol. The molecular weight excluding hydrogens is 269 g/mol. The Morgan fingerprint density at radius 3 is 2.43 bits per heavy atom. The summed E-state index contributed by atoms with van der Waals surface area (Å²) in [5.41, 5.74) is 2.64. The highest BCUT2D eigenvalue weighted by molar-refractivity contribution is 5.87. The van der Waals surface area contributed by atoms with Gasteiger partial charge in [0, 0.05) is 24.3 Å². The number of nitrogens with zero attached hydrogens (tertiary/aromatic N) is 1. The van der Waals surface area contributed by atoms with Gasteiger partial charge in [0.1, 0.15) is 5.82 Å². The van der Waals surface area contributed by atoms with Gasteiger partial charge in [-0.25, -0.2) is 9.18 Å². The molecule has 0 aliphatic heterocycles. The molecule has 0 spiro atoms. The van der Waals surface area contributed by atoms with Crippen molar-refractivity contribution in [1.82, 2.24) is 0 Å². The van der Waals surface area contributed by atoms with Crippen molar-refractivity contribution < 1.29 is 14.3 Å². The number of hydrogen-bond acceptors (Lipinski definition) is 2. The van der Waals surface area contributed by atoms with Gasteiger partial charge in [-0.1, -0.05) is 17.7 Å². The number of hydrogen-bond donors (Lipinski definition) is 1. The average molecular weight is 287 g/mol. The first-order valence-corrected chi connectivity index (χ1v) is 6.84. The van der Waals surface area contributed by atoms with E-state index in [0.29, 0.717) is 18.7 Å². The Morgan fingerprint density at radius 1 is 1.19 bits per heavy atom. The number of carbonyl (C=O) groups is 1. The maximum absolute atomic E-state index is 13.9. The van der Waals surface area contributed by atoms with Gasteiger partial charge in [-0.05, 0) is 44.2 Å². The molecule has 0 aliphatic carbocycles. The third-order valence-electron chi connectivity index (χ3n) is 3.43. The maximum Gasteiger partial charge on any atom is 0.335 e.